The van der Waals surface area contributed by atoms with Crippen molar-refractivity contribution in [3.63, 3.8) is 0 Å². The minimum absolute atomic E-state index is 0.0271. The van der Waals surface area contributed by atoms with Crippen LogP contribution in [0.3, 0.4) is 0 Å². The Kier molecular flexibility index (Phi) is 5.10. The summed E-state index contributed by atoms with van der Waals surface area (Å²) in [6.07, 6.45) is 1.62. The number of halogens is 1. The van der Waals surface area contributed by atoms with Crippen LogP contribution in [0.5, 0.6) is 11.5 Å². The van der Waals surface area contributed by atoms with Crippen molar-refractivity contribution in [2.24, 2.45) is 0 Å². The summed E-state index contributed by atoms with van der Waals surface area (Å²) in [6.45, 7) is 0.202. The van der Waals surface area contributed by atoms with Crippen molar-refractivity contribution in [2.45, 2.75) is 11.9 Å². The highest BCUT2D eigenvalue weighted by atomic mass is 79.9. The van der Waals surface area contributed by atoms with Crippen LogP contribution in [0.4, 0.5) is 5.69 Å². The Morgan fingerprint density at radius 2 is 2.10 bits per heavy atom. The average Bonchev–Trinajstić information content (AvgIpc) is 2.53. The molecule has 6 nitrogen and oxygen atoms in total. The first-order valence-corrected chi connectivity index (χ1v) is 7.20. The molecule has 0 fully saturated rings. The lowest BCUT2D eigenvalue weighted by Gasteiger charge is -2.08. The number of nitrogens with zero attached hydrogens (tertiary/aromatic N) is 2. The number of non-ortho nitro benzene ring substituents is 1. The monoisotopic (exact) mass is 352 g/mol. The maximum absolute atomic E-state index is 10.9. The van der Waals surface area contributed by atoms with Crippen LogP contribution in [0.15, 0.2) is 36.5 Å². The van der Waals surface area contributed by atoms with E-state index < -0.39 is 4.92 Å². The van der Waals surface area contributed by atoms with Crippen LogP contribution in [0.25, 0.3) is 0 Å². The van der Waals surface area contributed by atoms with Gasteiger partial charge in [0, 0.05) is 11.4 Å². The van der Waals surface area contributed by atoms with Gasteiger partial charge in [-0.15, -0.1) is 0 Å². The Labute approximate surface area is 130 Å². The first-order valence-electron chi connectivity index (χ1n) is 6.08. The third-order valence-corrected chi connectivity index (χ3v) is 3.31. The molecular weight excluding hydrogens is 340 g/mol. The fourth-order valence-corrected chi connectivity index (χ4v) is 2.02. The van der Waals surface area contributed by atoms with Crippen molar-refractivity contribution in [3.05, 3.63) is 57.9 Å². The molecule has 7 heteroatoms. The zero-order chi connectivity index (χ0) is 15.2. The average molecular weight is 353 g/mol. The number of aromatic nitrogens is 1. The van der Waals surface area contributed by atoms with Crippen LogP contribution in [-0.2, 0) is 11.9 Å². The Morgan fingerprint density at radius 3 is 2.67 bits per heavy atom. The van der Waals surface area contributed by atoms with Crippen LogP contribution in [-0.4, -0.2) is 17.0 Å². The van der Waals surface area contributed by atoms with E-state index >= 15 is 0 Å². The Morgan fingerprint density at radius 1 is 1.29 bits per heavy atom. The highest BCUT2D eigenvalue weighted by Gasteiger charge is 2.10. The molecule has 0 saturated heterocycles. The van der Waals surface area contributed by atoms with Crippen LogP contribution in [0.1, 0.15) is 11.3 Å². The molecule has 0 radical (unpaired) electrons. The molecule has 2 aromatic rings. The largest absolute Gasteiger partial charge is 0.496 e. The lowest BCUT2D eigenvalue weighted by atomic mass is 10.2. The molecule has 0 atom stereocenters. The van der Waals surface area contributed by atoms with Crippen molar-refractivity contribution in [1.29, 1.82) is 0 Å². The van der Waals surface area contributed by atoms with Gasteiger partial charge in [-0.25, -0.2) is 0 Å². The topological polar surface area (TPSA) is 74.5 Å². The van der Waals surface area contributed by atoms with Crippen molar-refractivity contribution in [2.75, 3.05) is 7.11 Å². The second-order valence-corrected chi connectivity index (χ2v) is 4.76. The quantitative estimate of drug-likeness (QED) is 0.452. The Bertz CT molecular complexity index is 631. The molecule has 0 N–H and O–H groups in total. The van der Waals surface area contributed by atoms with E-state index in [0.717, 1.165) is 5.69 Å². The molecule has 0 amide bonds. The number of hydrogen-bond donors (Lipinski definition) is 0. The van der Waals surface area contributed by atoms with Gasteiger partial charge in [0.25, 0.3) is 5.69 Å². The summed E-state index contributed by atoms with van der Waals surface area (Å²) in [4.78, 5) is 14.6. The molecule has 0 saturated carbocycles. The number of benzene rings is 1. The van der Waals surface area contributed by atoms with Crippen molar-refractivity contribution in [1.82, 2.24) is 4.98 Å². The number of alkyl halides is 1. The van der Waals surface area contributed by atoms with Gasteiger partial charge in [-0.1, -0.05) is 15.9 Å². The van der Waals surface area contributed by atoms with E-state index in [4.69, 9.17) is 9.47 Å². The van der Waals surface area contributed by atoms with Crippen LogP contribution >= 0.6 is 15.9 Å². The summed E-state index contributed by atoms with van der Waals surface area (Å²) in [7, 11) is 1.46. The lowest BCUT2D eigenvalue weighted by molar-refractivity contribution is -0.385. The van der Waals surface area contributed by atoms with Crippen LogP contribution in [0, 0.1) is 10.1 Å². The number of nitro benzene ring substituents is 1. The summed E-state index contributed by atoms with van der Waals surface area (Å²) in [5, 5.41) is 11.5. The Hall–Kier alpha value is -2.15. The fraction of sp³-hybridized carbons (Fsp3) is 0.214. The van der Waals surface area contributed by atoms with Crippen molar-refractivity contribution in [3.8, 4) is 11.5 Å². The van der Waals surface area contributed by atoms with Crippen LogP contribution in [0.2, 0.25) is 0 Å². The predicted octanol–water partition coefficient (Wildman–Crippen LogP) is 3.47. The number of ether oxygens (including phenoxy) is 2. The molecule has 0 spiro atoms. The van der Waals surface area contributed by atoms with Gasteiger partial charge in [-0.3, -0.25) is 15.1 Å². The molecule has 1 heterocycles. The van der Waals surface area contributed by atoms with Gasteiger partial charge in [0.05, 0.1) is 30.0 Å². The summed E-state index contributed by atoms with van der Waals surface area (Å²) >= 11 is 3.31. The maximum atomic E-state index is 10.9. The molecule has 0 bridgehead atoms. The van der Waals surface area contributed by atoms with Gasteiger partial charge in [0.2, 0.25) is 0 Å². The van der Waals surface area contributed by atoms with E-state index in [1.807, 2.05) is 6.07 Å². The second kappa shape index (κ2) is 7.03. The minimum Gasteiger partial charge on any atom is -0.496 e. The molecule has 1 aromatic carbocycles. The van der Waals surface area contributed by atoms with Gasteiger partial charge < -0.3 is 9.47 Å². The number of rotatable bonds is 6. The molecule has 21 heavy (non-hydrogen) atoms. The van der Waals surface area contributed by atoms with Crippen molar-refractivity contribution < 1.29 is 14.4 Å². The molecule has 2 rings (SSSR count). The first-order chi connectivity index (χ1) is 10.1. The molecule has 0 unspecified atom stereocenters. The van der Waals surface area contributed by atoms with Gasteiger partial charge in [0.15, 0.2) is 0 Å². The number of methoxy groups -OCH3 is 1. The molecule has 1 aromatic heterocycles. The van der Waals surface area contributed by atoms with Gasteiger partial charge in [-0.05, 0) is 23.8 Å². The maximum Gasteiger partial charge on any atom is 0.273 e. The van der Waals surface area contributed by atoms with E-state index in [1.165, 1.54) is 19.2 Å². The second-order valence-electron chi connectivity index (χ2n) is 4.20. The molecular formula is C14H13BrN2O4. The molecule has 0 aliphatic heterocycles. The number of nitro groups is 1. The standard InChI is InChI=1S/C14H13BrN2O4/c1-20-14-5-10(4-12(6-14)17(18)19)9-21-13-3-2-11(7-15)16-8-13/h2-6,8H,7,9H2,1H3. The van der Waals surface area contributed by atoms with E-state index in [9.17, 15) is 10.1 Å². The third kappa shape index (κ3) is 4.16. The summed E-state index contributed by atoms with van der Waals surface area (Å²) < 4.78 is 10.6. The zero-order valence-electron chi connectivity index (χ0n) is 11.3. The normalized spacial score (nSPS) is 10.2. The van der Waals surface area contributed by atoms with Gasteiger partial charge >= 0.3 is 0 Å². The predicted molar refractivity (Wildman–Crippen MR) is 80.8 cm³/mol. The summed E-state index contributed by atoms with van der Waals surface area (Å²) in [5.74, 6) is 1.03. The lowest BCUT2D eigenvalue weighted by Crippen LogP contribution is -1.99. The van der Waals surface area contributed by atoms with Gasteiger partial charge in [0.1, 0.15) is 18.1 Å². The van der Waals surface area contributed by atoms with E-state index in [0.29, 0.717) is 22.4 Å². The van der Waals surface area contributed by atoms with Crippen molar-refractivity contribution >= 4 is 21.6 Å². The molecule has 110 valence electrons. The minimum atomic E-state index is -0.460. The zero-order valence-corrected chi connectivity index (χ0v) is 12.9. The van der Waals surface area contributed by atoms with E-state index in [-0.39, 0.29) is 12.3 Å². The highest BCUT2D eigenvalue weighted by Crippen LogP contribution is 2.23. The summed E-state index contributed by atoms with van der Waals surface area (Å²) in [6, 6.07) is 8.18. The van der Waals surface area contributed by atoms with Crippen LogP contribution < -0.4 is 9.47 Å². The SMILES string of the molecule is COc1cc(COc2ccc(CBr)nc2)cc([N+](=O)[O-])c1. The fourth-order valence-electron chi connectivity index (χ4n) is 1.69. The van der Waals surface area contributed by atoms with Gasteiger partial charge in [-0.2, -0.15) is 0 Å². The van der Waals surface area contributed by atoms with E-state index in [1.54, 1.807) is 18.3 Å². The summed E-state index contributed by atoms with van der Waals surface area (Å²) in [5.41, 5.74) is 1.53. The number of pyridine rings is 1. The first kappa shape index (κ1) is 15.2. The highest BCUT2D eigenvalue weighted by molar-refractivity contribution is 9.08. The smallest absolute Gasteiger partial charge is 0.273 e. The van der Waals surface area contributed by atoms with E-state index in [2.05, 4.69) is 20.9 Å². The third-order valence-electron chi connectivity index (χ3n) is 2.74. The number of hydrogen-bond acceptors (Lipinski definition) is 5. The molecule has 0 aliphatic carbocycles. The molecule has 0 aliphatic rings. The Balaban J connectivity index is 2.11.